The zero-order valence-corrected chi connectivity index (χ0v) is 17.6. The van der Waals surface area contributed by atoms with E-state index in [1.807, 2.05) is 0 Å². The van der Waals surface area contributed by atoms with Crippen molar-refractivity contribution in [3.8, 4) is 0 Å². The number of aliphatic hydroxyl groups is 6. The average molecular weight is 486 g/mol. The quantitative estimate of drug-likeness (QED) is 0.201. The van der Waals surface area contributed by atoms with Crippen LogP contribution in [0, 0.1) is 0 Å². The van der Waals surface area contributed by atoms with Crippen LogP contribution in [0.4, 0.5) is 11.6 Å². The highest BCUT2D eigenvalue weighted by atomic mass is 16.6. The summed E-state index contributed by atoms with van der Waals surface area (Å²) >= 11 is 0. The topological polar surface area (TPSA) is 262 Å². The third-order valence-electron chi connectivity index (χ3n) is 5.29. The number of hydrogen-bond acceptors (Lipinski definition) is 14. The molecular formula is C18H26N6O10. The number of nitrogens with two attached hydrogens (primary N) is 2. The van der Waals surface area contributed by atoms with E-state index in [0.717, 1.165) is 9.13 Å². The molecule has 2 aromatic rings. The van der Waals surface area contributed by atoms with Crippen LogP contribution >= 0.6 is 0 Å². The number of hydrogen-bond donors (Lipinski definition) is 8. The van der Waals surface area contributed by atoms with Gasteiger partial charge in [-0.3, -0.25) is 9.13 Å². The van der Waals surface area contributed by atoms with Crippen molar-refractivity contribution in [2.45, 2.75) is 49.1 Å². The molecule has 4 rings (SSSR count). The van der Waals surface area contributed by atoms with Crippen molar-refractivity contribution in [1.29, 1.82) is 0 Å². The first-order valence-electron chi connectivity index (χ1n) is 10.0. The average Bonchev–Trinajstić information content (AvgIpc) is 3.24. The maximum Gasteiger partial charge on any atom is 0.351 e. The van der Waals surface area contributed by atoms with E-state index >= 15 is 0 Å². The Morgan fingerprint density at radius 3 is 1.35 bits per heavy atom. The maximum atomic E-state index is 11.5. The van der Waals surface area contributed by atoms with Gasteiger partial charge in [0.1, 0.15) is 48.3 Å². The molecule has 4 heterocycles. The zero-order valence-electron chi connectivity index (χ0n) is 17.6. The summed E-state index contributed by atoms with van der Waals surface area (Å²) in [4.78, 5) is 30.0. The highest BCUT2D eigenvalue weighted by molar-refractivity contribution is 5.24. The molecule has 2 aliphatic heterocycles. The molecule has 0 amide bonds. The SMILES string of the molecule is Nc1ccn(C2OC(CO)C(O)C2O)c(=O)n1.Nc1ccn([C@@H]2O[C@H](CO)[C@@H](O)[C@H]2O)c(=O)n1. The third kappa shape index (κ3) is 5.08. The summed E-state index contributed by atoms with van der Waals surface area (Å²) in [6, 6.07) is 2.74. The Morgan fingerprint density at radius 1 is 0.735 bits per heavy atom. The van der Waals surface area contributed by atoms with Crippen molar-refractivity contribution in [2.75, 3.05) is 24.7 Å². The number of nitrogen functional groups attached to an aromatic ring is 2. The van der Waals surface area contributed by atoms with Crippen LogP contribution in [-0.4, -0.2) is 99.6 Å². The minimum atomic E-state index is -1.31. The molecule has 2 fully saturated rings. The second-order valence-corrected chi connectivity index (χ2v) is 7.54. The van der Waals surface area contributed by atoms with Crippen molar-refractivity contribution in [1.82, 2.24) is 19.1 Å². The maximum absolute atomic E-state index is 11.5. The van der Waals surface area contributed by atoms with Crippen molar-refractivity contribution in [3.05, 3.63) is 45.5 Å². The lowest BCUT2D eigenvalue weighted by atomic mass is 10.1. The van der Waals surface area contributed by atoms with Gasteiger partial charge in [0.2, 0.25) is 0 Å². The smallest absolute Gasteiger partial charge is 0.351 e. The molecule has 0 spiro atoms. The molecular weight excluding hydrogens is 460 g/mol. The van der Waals surface area contributed by atoms with Crippen molar-refractivity contribution in [3.63, 3.8) is 0 Å². The van der Waals surface area contributed by atoms with Crippen molar-refractivity contribution in [2.24, 2.45) is 0 Å². The predicted molar refractivity (Wildman–Crippen MR) is 112 cm³/mol. The molecule has 0 aromatic carbocycles. The molecule has 0 bridgehead atoms. The van der Waals surface area contributed by atoms with Crippen LogP contribution in [0.15, 0.2) is 34.1 Å². The highest BCUT2D eigenvalue weighted by Crippen LogP contribution is 2.28. The minimum Gasteiger partial charge on any atom is -0.394 e. The van der Waals surface area contributed by atoms with Gasteiger partial charge in [-0.25, -0.2) is 9.59 Å². The van der Waals surface area contributed by atoms with Crippen LogP contribution in [0.2, 0.25) is 0 Å². The molecule has 34 heavy (non-hydrogen) atoms. The number of aromatic nitrogens is 4. The Kier molecular flexibility index (Phi) is 7.95. The predicted octanol–water partition coefficient (Wildman–Crippen LogP) is -5.13. The molecule has 2 aromatic heterocycles. The lowest BCUT2D eigenvalue weighted by Crippen LogP contribution is -2.36. The van der Waals surface area contributed by atoms with Crippen LogP contribution in [0.5, 0.6) is 0 Å². The largest absolute Gasteiger partial charge is 0.394 e. The number of aliphatic hydroxyl groups excluding tert-OH is 6. The summed E-state index contributed by atoms with van der Waals surface area (Å²) < 4.78 is 12.4. The van der Waals surface area contributed by atoms with E-state index in [-0.39, 0.29) is 11.6 Å². The third-order valence-corrected chi connectivity index (χ3v) is 5.29. The minimum absolute atomic E-state index is 0.0537. The molecule has 16 nitrogen and oxygen atoms in total. The highest BCUT2D eigenvalue weighted by Gasteiger charge is 2.44. The number of anilines is 2. The van der Waals surface area contributed by atoms with E-state index in [1.165, 1.54) is 24.5 Å². The van der Waals surface area contributed by atoms with Crippen LogP contribution in [-0.2, 0) is 9.47 Å². The lowest BCUT2D eigenvalue weighted by molar-refractivity contribution is -0.0549. The van der Waals surface area contributed by atoms with Gasteiger partial charge in [0.15, 0.2) is 12.5 Å². The molecule has 2 aliphatic rings. The van der Waals surface area contributed by atoms with E-state index in [2.05, 4.69) is 9.97 Å². The summed E-state index contributed by atoms with van der Waals surface area (Å²) in [6.45, 7) is -0.905. The molecule has 4 unspecified atom stereocenters. The summed E-state index contributed by atoms with van der Waals surface area (Å²) in [5.41, 5.74) is 9.26. The second-order valence-electron chi connectivity index (χ2n) is 7.54. The van der Waals surface area contributed by atoms with Gasteiger partial charge in [0.25, 0.3) is 0 Å². The van der Waals surface area contributed by atoms with Crippen LogP contribution in [0.1, 0.15) is 12.5 Å². The van der Waals surface area contributed by atoms with Gasteiger partial charge in [-0.15, -0.1) is 0 Å². The summed E-state index contributed by atoms with van der Waals surface area (Å²) in [6.07, 6.45) is -6.53. The van der Waals surface area contributed by atoms with Gasteiger partial charge in [-0.1, -0.05) is 0 Å². The molecule has 188 valence electrons. The monoisotopic (exact) mass is 486 g/mol. The van der Waals surface area contributed by atoms with Crippen molar-refractivity contribution >= 4 is 11.6 Å². The molecule has 2 saturated heterocycles. The van der Waals surface area contributed by atoms with Crippen LogP contribution in [0.25, 0.3) is 0 Å². The van der Waals surface area contributed by atoms with Gasteiger partial charge in [-0.2, -0.15) is 9.97 Å². The Balaban J connectivity index is 0.000000191. The number of rotatable bonds is 4. The van der Waals surface area contributed by atoms with E-state index in [1.54, 1.807) is 0 Å². The van der Waals surface area contributed by atoms with Crippen molar-refractivity contribution < 1.29 is 40.1 Å². The number of ether oxygens (including phenoxy) is 2. The normalized spacial score (nSPS) is 32.9. The van der Waals surface area contributed by atoms with Gasteiger partial charge in [-0.05, 0) is 12.1 Å². The second kappa shape index (κ2) is 10.5. The Bertz CT molecular complexity index is 1010. The van der Waals surface area contributed by atoms with Gasteiger partial charge in [0.05, 0.1) is 13.2 Å². The van der Waals surface area contributed by atoms with E-state index in [4.69, 9.17) is 31.2 Å². The Morgan fingerprint density at radius 2 is 1.09 bits per heavy atom. The molecule has 0 saturated carbocycles. The first kappa shape index (κ1) is 25.7. The Hall–Kier alpha value is -2.96. The van der Waals surface area contributed by atoms with Gasteiger partial charge < -0.3 is 51.6 Å². The Labute approximate surface area is 190 Å². The molecule has 0 aliphatic carbocycles. The van der Waals surface area contributed by atoms with Gasteiger partial charge >= 0.3 is 11.4 Å². The summed E-state index contributed by atoms with van der Waals surface area (Å²) in [5, 5.41) is 56.3. The van der Waals surface area contributed by atoms with E-state index in [0.29, 0.717) is 0 Å². The molecule has 8 atom stereocenters. The molecule has 0 radical (unpaired) electrons. The summed E-state index contributed by atoms with van der Waals surface area (Å²) in [7, 11) is 0. The zero-order chi connectivity index (χ0) is 25.2. The first-order chi connectivity index (χ1) is 16.1. The molecule has 10 N–H and O–H groups in total. The fourth-order valence-electron chi connectivity index (χ4n) is 3.46. The molecule has 16 heteroatoms. The van der Waals surface area contributed by atoms with E-state index in [9.17, 15) is 30.0 Å². The van der Waals surface area contributed by atoms with E-state index < -0.39 is 73.7 Å². The van der Waals surface area contributed by atoms with Gasteiger partial charge in [0, 0.05) is 12.4 Å². The fourth-order valence-corrected chi connectivity index (χ4v) is 3.46. The number of nitrogens with zero attached hydrogens (tertiary/aromatic N) is 4. The van der Waals surface area contributed by atoms with Crippen LogP contribution in [0.3, 0.4) is 0 Å². The summed E-state index contributed by atoms with van der Waals surface area (Å²) in [5.74, 6) is 0.107. The fraction of sp³-hybridized carbons (Fsp3) is 0.556. The van der Waals surface area contributed by atoms with Crippen LogP contribution < -0.4 is 22.8 Å². The lowest BCUT2D eigenvalue weighted by Gasteiger charge is -2.16. The standard InChI is InChI=1S/2C9H13N3O5/c2*10-5-1-2-12(9(16)11-5)8-7(15)6(14)4(3-13)17-8/h2*1-2,4,6-8,13-15H,3H2,(H2,10,11,16)/t4-,6-,7-,8-;/m1./s1. The first-order valence-corrected chi connectivity index (χ1v) is 10.0.